The molecular weight excluding hydrogens is 310 g/mol. The summed E-state index contributed by atoms with van der Waals surface area (Å²) >= 11 is 5.84. The van der Waals surface area contributed by atoms with Gasteiger partial charge in [0.25, 0.3) is 5.89 Å². The Balaban J connectivity index is 1.73. The Labute approximate surface area is 130 Å². The number of carbonyl (C=O) groups excluding carboxylic acids is 1. The van der Waals surface area contributed by atoms with Gasteiger partial charge in [-0.1, -0.05) is 16.8 Å². The number of aromatic nitrogens is 3. The molecule has 0 aliphatic carbocycles. The number of carbonyl (C=O) groups is 1. The van der Waals surface area contributed by atoms with Crippen LogP contribution in [0.5, 0.6) is 0 Å². The van der Waals surface area contributed by atoms with Gasteiger partial charge in [0.15, 0.2) is 11.9 Å². The molecule has 3 heterocycles. The van der Waals surface area contributed by atoms with Crippen LogP contribution in [-0.2, 0) is 11.8 Å². The number of esters is 1. The molecule has 0 N–H and O–H groups in total. The maximum Gasteiger partial charge on any atom is 0.355 e. The minimum absolute atomic E-state index is 0.181. The second kappa shape index (κ2) is 5.69. The Hall–Kier alpha value is -2.54. The molecule has 0 radical (unpaired) electrons. The molecule has 1 unspecified atom stereocenters. The first-order valence-electron chi connectivity index (χ1n) is 6.45. The molecule has 0 amide bonds. The molecule has 0 saturated heterocycles. The maximum absolute atomic E-state index is 12.1. The molecule has 0 aliphatic rings. The van der Waals surface area contributed by atoms with Gasteiger partial charge in [-0.3, -0.25) is 0 Å². The fraction of sp³-hybridized carbons (Fsp3) is 0.214. The van der Waals surface area contributed by atoms with Gasteiger partial charge in [-0.2, -0.15) is 4.98 Å². The smallest absolute Gasteiger partial charge is 0.355 e. The number of aryl methyl sites for hydroxylation is 1. The van der Waals surface area contributed by atoms with Crippen molar-refractivity contribution in [2.75, 3.05) is 0 Å². The van der Waals surface area contributed by atoms with Gasteiger partial charge in [-0.25, -0.2) is 4.79 Å². The summed E-state index contributed by atoms with van der Waals surface area (Å²) in [5, 5.41) is 4.24. The van der Waals surface area contributed by atoms with Gasteiger partial charge in [-0.15, -0.1) is 0 Å². The zero-order valence-electron chi connectivity index (χ0n) is 11.8. The van der Waals surface area contributed by atoms with E-state index in [-0.39, 0.29) is 5.89 Å². The zero-order valence-corrected chi connectivity index (χ0v) is 12.6. The number of hydrogen-bond donors (Lipinski definition) is 0. The van der Waals surface area contributed by atoms with Gasteiger partial charge in [0.1, 0.15) is 5.69 Å². The third-order valence-corrected chi connectivity index (χ3v) is 3.20. The predicted molar refractivity (Wildman–Crippen MR) is 76.3 cm³/mol. The van der Waals surface area contributed by atoms with Gasteiger partial charge in [0.2, 0.25) is 5.82 Å². The van der Waals surface area contributed by atoms with E-state index in [1.165, 1.54) is 12.3 Å². The van der Waals surface area contributed by atoms with Crippen molar-refractivity contribution in [1.29, 1.82) is 0 Å². The quantitative estimate of drug-likeness (QED) is 0.686. The molecule has 8 heteroatoms. The van der Waals surface area contributed by atoms with Crippen molar-refractivity contribution >= 4 is 17.6 Å². The fourth-order valence-corrected chi connectivity index (χ4v) is 2.15. The molecule has 3 rings (SSSR count). The van der Waals surface area contributed by atoms with Gasteiger partial charge < -0.3 is 18.2 Å². The molecular formula is C14H12ClN3O4. The van der Waals surface area contributed by atoms with Gasteiger partial charge in [-0.05, 0) is 25.1 Å². The number of hydrogen-bond acceptors (Lipinski definition) is 6. The highest BCUT2D eigenvalue weighted by Gasteiger charge is 2.22. The zero-order chi connectivity index (χ0) is 15.7. The number of halogens is 1. The van der Waals surface area contributed by atoms with Crippen LogP contribution >= 0.6 is 11.6 Å². The van der Waals surface area contributed by atoms with E-state index in [0.717, 1.165) is 0 Å². The third-order valence-electron chi connectivity index (χ3n) is 3.00. The lowest BCUT2D eigenvalue weighted by atomic mass is 10.3. The molecule has 0 aliphatic heterocycles. The Morgan fingerprint density at radius 3 is 2.95 bits per heavy atom. The summed E-state index contributed by atoms with van der Waals surface area (Å²) < 4.78 is 17.1. The molecule has 0 bridgehead atoms. The van der Waals surface area contributed by atoms with E-state index in [1.54, 1.807) is 36.9 Å². The van der Waals surface area contributed by atoms with Crippen LogP contribution in [0.1, 0.15) is 29.4 Å². The van der Waals surface area contributed by atoms with Crippen LogP contribution in [0.4, 0.5) is 0 Å². The lowest BCUT2D eigenvalue weighted by Gasteiger charge is -2.09. The highest BCUT2D eigenvalue weighted by atomic mass is 35.5. The summed E-state index contributed by atoms with van der Waals surface area (Å²) in [6.07, 6.45) is 2.43. The lowest BCUT2D eigenvalue weighted by molar-refractivity contribution is 0.0254. The second-order valence-electron chi connectivity index (χ2n) is 4.64. The van der Waals surface area contributed by atoms with Crippen LogP contribution < -0.4 is 0 Å². The molecule has 3 aromatic heterocycles. The van der Waals surface area contributed by atoms with Crippen molar-refractivity contribution < 1.29 is 18.5 Å². The van der Waals surface area contributed by atoms with Crippen LogP contribution in [0.3, 0.4) is 0 Å². The Morgan fingerprint density at radius 1 is 1.50 bits per heavy atom. The van der Waals surface area contributed by atoms with Crippen LogP contribution in [-0.4, -0.2) is 20.7 Å². The molecule has 1 atom stereocenters. The largest absolute Gasteiger partial charge is 0.461 e. The standard InChI is InChI=1S/C14H12ClN3O4/c1-8(21-14(19)10-6-9(15)7-18(10)2)13-16-12(17-22-13)11-4-3-5-20-11/h3-8H,1-2H3. The third kappa shape index (κ3) is 2.75. The topological polar surface area (TPSA) is 83.3 Å². The van der Waals surface area contributed by atoms with Crippen molar-refractivity contribution in [3.8, 4) is 11.6 Å². The van der Waals surface area contributed by atoms with E-state index in [0.29, 0.717) is 22.3 Å². The monoisotopic (exact) mass is 321 g/mol. The molecule has 7 nitrogen and oxygen atoms in total. The number of furan rings is 1. The average molecular weight is 322 g/mol. The molecule has 0 fully saturated rings. The van der Waals surface area contributed by atoms with E-state index in [2.05, 4.69) is 10.1 Å². The van der Waals surface area contributed by atoms with E-state index in [4.69, 9.17) is 25.3 Å². The summed E-state index contributed by atoms with van der Waals surface area (Å²) in [5.74, 6) is 0.423. The highest BCUT2D eigenvalue weighted by Crippen LogP contribution is 2.22. The van der Waals surface area contributed by atoms with Crippen molar-refractivity contribution in [2.24, 2.45) is 7.05 Å². The average Bonchev–Trinajstić information content (AvgIpc) is 3.17. The predicted octanol–water partition coefficient (Wildman–Crippen LogP) is 3.24. The van der Waals surface area contributed by atoms with E-state index in [1.807, 2.05) is 0 Å². The van der Waals surface area contributed by atoms with Crippen LogP contribution in [0.15, 0.2) is 39.6 Å². The summed E-state index contributed by atoms with van der Waals surface area (Å²) in [4.78, 5) is 16.2. The maximum atomic E-state index is 12.1. The number of rotatable bonds is 4. The van der Waals surface area contributed by atoms with Crippen molar-refractivity contribution in [3.63, 3.8) is 0 Å². The molecule has 0 aromatic carbocycles. The first-order chi connectivity index (χ1) is 10.5. The van der Waals surface area contributed by atoms with Crippen LogP contribution in [0.2, 0.25) is 5.02 Å². The van der Waals surface area contributed by atoms with Crippen LogP contribution in [0.25, 0.3) is 11.6 Å². The van der Waals surface area contributed by atoms with Gasteiger partial charge in [0.05, 0.1) is 11.3 Å². The first-order valence-corrected chi connectivity index (χ1v) is 6.82. The molecule has 3 aromatic rings. The summed E-state index contributed by atoms with van der Waals surface area (Å²) in [5.41, 5.74) is 0.336. The lowest BCUT2D eigenvalue weighted by Crippen LogP contribution is -2.12. The SMILES string of the molecule is CC(OC(=O)c1cc(Cl)cn1C)c1nc(-c2ccco2)no1. The van der Waals surface area contributed by atoms with E-state index in [9.17, 15) is 4.79 Å². The van der Waals surface area contributed by atoms with Crippen molar-refractivity contribution in [1.82, 2.24) is 14.7 Å². The molecule has 0 saturated carbocycles. The van der Waals surface area contributed by atoms with Gasteiger partial charge >= 0.3 is 5.97 Å². The molecule has 114 valence electrons. The van der Waals surface area contributed by atoms with Crippen molar-refractivity contribution in [2.45, 2.75) is 13.0 Å². The second-order valence-corrected chi connectivity index (χ2v) is 5.07. The first kappa shape index (κ1) is 14.4. The summed E-state index contributed by atoms with van der Waals surface area (Å²) in [6, 6.07) is 4.95. The Kier molecular flexibility index (Phi) is 3.72. The summed E-state index contributed by atoms with van der Waals surface area (Å²) in [6.45, 7) is 1.64. The highest BCUT2D eigenvalue weighted by molar-refractivity contribution is 6.30. The number of ether oxygens (including phenoxy) is 1. The molecule has 0 spiro atoms. The normalized spacial score (nSPS) is 12.3. The minimum atomic E-state index is -0.697. The Morgan fingerprint density at radius 2 is 2.32 bits per heavy atom. The minimum Gasteiger partial charge on any atom is -0.461 e. The van der Waals surface area contributed by atoms with Crippen molar-refractivity contribution in [3.05, 3.63) is 47.3 Å². The number of nitrogens with zero attached hydrogens (tertiary/aromatic N) is 3. The van der Waals surface area contributed by atoms with Gasteiger partial charge in [0, 0.05) is 13.2 Å². The van der Waals surface area contributed by atoms with E-state index < -0.39 is 12.1 Å². The molecule has 22 heavy (non-hydrogen) atoms. The fourth-order valence-electron chi connectivity index (χ4n) is 1.90. The Bertz CT molecular complexity index is 791. The van der Waals surface area contributed by atoms with Crippen LogP contribution in [0, 0.1) is 0 Å². The summed E-state index contributed by atoms with van der Waals surface area (Å²) in [7, 11) is 1.70. The van der Waals surface area contributed by atoms with E-state index >= 15 is 0 Å².